The van der Waals surface area contributed by atoms with Crippen molar-refractivity contribution in [3.63, 3.8) is 0 Å². The number of hydrogen-bond acceptors (Lipinski definition) is 4. The summed E-state index contributed by atoms with van der Waals surface area (Å²) in [6.07, 6.45) is 1.02. The molecule has 7 heteroatoms. The van der Waals surface area contributed by atoms with Gasteiger partial charge in [-0.3, -0.25) is 0 Å². The van der Waals surface area contributed by atoms with E-state index < -0.39 is 17.5 Å². The van der Waals surface area contributed by atoms with Gasteiger partial charge in [0, 0.05) is 12.1 Å². The highest BCUT2D eigenvalue weighted by Crippen LogP contribution is 2.13. The van der Waals surface area contributed by atoms with Crippen LogP contribution in [0, 0.1) is 13.8 Å². The van der Waals surface area contributed by atoms with E-state index in [2.05, 4.69) is 15.8 Å². The van der Waals surface area contributed by atoms with E-state index in [0.29, 0.717) is 24.3 Å². The molecule has 1 unspecified atom stereocenters. The predicted octanol–water partition coefficient (Wildman–Crippen LogP) is 1.73. The van der Waals surface area contributed by atoms with Crippen molar-refractivity contribution in [2.24, 2.45) is 0 Å². The number of aryl methyl sites for hydroxylation is 2. The Balaban J connectivity index is 2.61. The molecule has 1 heterocycles. The Morgan fingerprint density at radius 3 is 2.50 bits per heavy atom. The van der Waals surface area contributed by atoms with E-state index in [-0.39, 0.29) is 6.54 Å². The van der Waals surface area contributed by atoms with Crippen LogP contribution in [0.3, 0.4) is 0 Å². The van der Waals surface area contributed by atoms with Crippen LogP contribution in [-0.2, 0) is 11.3 Å². The third-order valence-electron chi connectivity index (χ3n) is 3.22. The van der Waals surface area contributed by atoms with Gasteiger partial charge >= 0.3 is 12.0 Å². The van der Waals surface area contributed by atoms with E-state index in [9.17, 15) is 14.7 Å². The summed E-state index contributed by atoms with van der Waals surface area (Å²) in [5.74, 6) is -0.413. The van der Waals surface area contributed by atoms with Crippen molar-refractivity contribution < 1.29 is 19.2 Å². The standard InChI is InChI=1S/C13H21N3O4/c1-5-6-13(4,11(17)18)15-12(19)14-7-10-8(2)16-20-9(10)3/h5-7H2,1-4H3,(H,17,18)(H2,14,15,19). The van der Waals surface area contributed by atoms with Crippen molar-refractivity contribution in [3.05, 3.63) is 17.0 Å². The van der Waals surface area contributed by atoms with Gasteiger partial charge < -0.3 is 20.3 Å². The van der Waals surface area contributed by atoms with Gasteiger partial charge in [0.15, 0.2) is 0 Å². The second-order valence-corrected chi connectivity index (χ2v) is 5.00. The topological polar surface area (TPSA) is 104 Å². The lowest BCUT2D eigenvalue weighted by Crippen LogP contribution is -2.55. The highest BCUT2D eigenvalue weighted by atomic mass is 16.5. The first-order valence-corrected chi connectivity index (χ1v) is 6.51. The van der Waals surface area contributed by atoms with Gasteiger partial charge in [-0.2, -0.15) is 0 Å². The molecule has 0 aliphatic heterocycles. The molecule has 0 fully saturated rings. The van der Waals surface area contributed by atoms with Crippen LogP contribution in [0.5, 0.6) is 0 Å². The molecule has 0 bridgehead atoms. The molecular weight excluding hydrogens is 262 g/mol. The molecule has 1 atom stereocenters. The van der Waals surface area contributed by atoms with Crippen LogP contribution in [0.4, 0.5) is 4.79 Å². The van der Waals surface area contributed by atoms with E-state index in [4.69, 9.17) is 4.52 Å². The largest absolute Gasteiger partial charge is 0.480 e. The average molecular weight is 283 g/mol. The Bertz CT molecular complexity index is 478. The lowest BCUT2D eigenvalue weighted by molar-refractivity contribution is -0.144. The maximum absolute atomic E-state index is 11.8. The quantitative estimate of drug-likeness (QED) is 0.737. The normalized spacial score (nSPS) is 13.6. The van der Waals surface area contributed by atoms with E-state index in [1.165, 1.54) is 6.92 Å². The van der Waals surface area contributed by atoms with Gasteiger partial charge in [-0.05, 0) is 27.2 Å². The zero-order chi connectivity index (χ0) is 15.3. The van der Waals surface area contributed by atoms with Gasteiger partial charge in [0.05, 0.1) is 5.69 Å². The van der Waals surface area contributed by atoms with Crippen molar-refractivity contribution in [2.75, 3.05) is 0 Å². The number of urea groups is 1. The number of carboxylic acids is 1. The third-order valence-corrected chi connectivity index (χ3v) is 3.22. The Kier molecular flexibility index (Phi) is 5.12. The van der Waals surface area contributed by atoms with Crippen LogP contribution in [0.25, 0.3) is 0 Å². The zero-order valence-electron chi connectivity index (χ0n) is 12.2. The number of hydrogen-bond donors (Lipinski definition) is 3. The fourth-order valence-electron chi connectivity index (χ4n) is 1.94. The molecule has 2 amide bonds. The predicted molar refractivity (Wildman–Crippen MR) is 72.3 cm³/mol. The Morgan fingerprint density at radius 1 is 1.40 bits per heavy atom. The Labute approximate surface area is 117 Å². The minimum Gasteiger partial charge on any atom is -0.480 e. The first-order chi connectivity index (χ1) is 9.30. The van der Waals surface area contributed by atoms with E-state index >= 15 is 0 Å². The van der Waals surface area contributed by atoms with Crippen molar-refractivity contribution in [2.45, 2.75) is 52.6 Å². The summed E-state index contributed by atoms with van der Waals surface area (Å²) in [5.41, 5.74) is 0.238. The summed E-state index contributed by atoms with van der Waals surface area (Å²) in [4.78, 5) is 23.0. The van der Waals surface area contributed by atoms with E-state index in [0.717, 1.165) is 5.56 Å². The van der Waals surface area contributed by atoms with Crippen LogP contribution < -0.4 is 10.6 Å². The molecule has 0 spiro atoms. The van der Waals surface area contributed by atoms with Crippen molar-refractivity contribution in [1.82, 2.24) is 15.8 Å². The molecule has 0 radical (unpaired) electrons. The molecule has 0 aliphatic carbocycles. The Hall–Kier alpha value is -2.05. The maximum Gasteiger partial charge on any atom is 0.329 e. The van der Waals surface area contributed by atoms with Crippen LogP contribution in [0.1, 0.15) is 43.7 Å². The number of rotatable bonds is 6. The molecule has 1 aromatic rings. The van der Waals surface area contributed by atoms with Crippen LogP contribution in [-0.4, -0.2) is 27.8 Å². The monoisotopic (exact) mass is 283 g/mol. The van der Waals surface area contributed by atoms with Crippen LogP contribution in [0.2, 0.25) is 0 Å². The lowest BCUT2D eigenvalue weighted by atomic mass is 9.97. The number of carboxylic acid groups (broad SMARTS) is 1. The van der Waals surface area contributed by atoms with Crippen molar-refractivity contribution in [1.29, 1.82) is 0 Å². The van der Waals surface area contributed by atoms with Crippen LogP contribution in [0.15, 0.2) is 4.52 Å². The third kappa shape index (κ3) is 3.72. The summed E-state index contributed by atoms with van der Waals surface area (Å²) in [6, 6.07) is -0.525. The summed E-state index contributed by atoms with van der Waals surface area (Å²) in [7, 11) is 0. The van der Waals surface area contributed by atoms with Gasteiger partial charge in [-0.1, -0.05) is 18.5 Å². The Morgan fingerprint density at radius 2 is 2.05 bits per heavy atom. The van der Waals surface area contributed by atoms with Gasteiger partial charge in [0.1, 0.15) is 11.3 Å². The number of aliphatic carboxylic acids is 1. The number of nitrogens with zero attached hydrogens (tertiary/aromatic N) is 1. The van der Waals surface area contributed by atoms with Crippen molar-refractivity contribution in [3.8, 4) is 0 Å². The molecule has 0 aromatic carbocycles. The molecule has 0 aliphatic rings. The number of amides is 2. The summed E-state index contributed by atoms with van der Waals surface area (Å²) >= 11 is 0. The molecule has 3 N–H and O–H groups in total. The minimum atomic E-state index is -1.27. The van der Waals surface area contributed by atoms with E-state index in [1.807, 2.05) is 6.92 Å². The SMILES string of the molecule is CCCC(C)(NC(=O)NCc1c(C)noc1C)C(=O)O. The van der Waals surface area contributed by atoms with Gasteiger partial charge in [0.25, 0.3) is 0 Å². The number of nitrogens with one attached hydrogen (secondary N) is 2. The number of carbonyl (C=O) groups excluding carboxylic acids is 1. The number of carbonyl (C=O) groups is 2. The first-order valence-electron chi connectivity index (χ1n) is 6.51. The molecule has 1 aromatic heterocycles. The molecular formula is C13H21N3O4. The smallest absolute Gasteiger partial charge is 0.329 e. The van der Waals surface area contributed by atoms with Gasteiger partial charge in [-0.15, -0.1) is 0 Å². The van der Waals surface area contributed by atoms with Gasteiger partial charge in [0.2, 0.25) is 0 Å². The zero-order valence-corrected chi connectivity index (χ0v) is 12.2. The highest BCUT2D eigenvalue weighted by Gasteiger charge is 2.33. The molecule has 0 saturated heterocycles. The van der Waals surface area contributed by atoms with Crippen molar-refractivity contribution >= 4 is 12.0 Å². The summed E-state index contributed by atoms with van der Waals surface area (Å²) < 4.78 is 4.99. The molecule has 20 heavy (non-hydrogen) atoms. The summed E-state index contributed by atoms with van der Waals surface area (Å²) in [6.45, 7) is 7.14. The minimum absolute atomic E-state index is 0.245. The number of aromatic nitrogens is 1. The lowest BCUT2D eigenvalue weighted by Gasteiger charge is -2.25. The molecule has 112 valence electrons. The highest BCUT2D eigenvalue weighted by molar-refractivity contribution is 5.85. The molecule has 1 rings (SSSR count). The second-order valence-electron chi connectivity index (χ2n) is 5.00. The average Bonchev–Trinajstić information content (AvgIpc) is 2.66. The molecule has 0 saturated carbocycles. The maximum atomic E-state index is 11.8. The fourth-order valence-corrected chi connectivity index (χ4v) is 1.94. The fraction of sp³-hybridized carbons (Fsp3) is 0.615. The molecule has 7 nitrogen and oxygen atoms in total. The first kappa shape index (κ1) is 16.0. The second kappa shape index (κ2) is 6.40. The summed E-state index contributed by atoms with van der Waals surface area (Å²) in [5, 5.41) is 18.1. The van der Waals surface area contributed by atoms with Gasteiger partial charge in [-0.25, -0.2) is 9.59 Å². The van der Waals surface area contributed by atoms with Crippen LogP contribution >= 0.6 is 0 Å². The van der Waals surface area contributed by atoms with E-state index in [1.54, 1.807) is 13.8 Å².